The summed E-state index contributed by atoms with van der Waals surface area (Å²) in [4.78, 5) is 17.8. The average molecular weight is 408 g/mol. The Morgan fingerprint density at radius 2 is 1.89 bits per heavy atom. The molecular formula is C18H18F2N4O3S. The van der Waals surface area contributed by atoms with Gasteiger partial charge in [0.15, 0.2) is 5.84 Å². The van der Waals surface area contributed by atoms with Crippen LogP contribution in [0.2, 0.25) is 0 Å². The average Bonchev–Trinajstić information content (AvgIpc) is 2.95. The van der Waals surface area contributed by atoms with Crippen LogP contribution in [0.3, 0.4) is 0 Å². The van der Waals surface area contributed by atoms with Gasteiger partial charge in [0.2, 0.25) is 0 Å². The topological polar surface area (TPSA) is 84.6 Å². The predicted octanol–water partition coefficient (Wildman–Crippen LogP) is 2.04. The highest BCUT2D eigenvalue weighted by Crippen LogP contribution is 2.29. The third-order valence-electron chi connectivity index (χ3n) is 5.11. The van der Waals surface area contributed by atoms with Gasteiger partial charge < -0.3 is 4.90 Å². The number of hydrogen-bond acceptors (Lipinski definition) is 5. The first-order chi connectivity index (χ1) is 13.3. The minimum atomic E-state index is -3.65. The van der Waals surface area contributed by atoms with Crippen LogP contribution >= 0.6 is 0 Å². The van der Waals surface area contributed by atoms with Crippen LogP contribution in [-0.2, 0) is 16.6 Å². The van der Waals surface area contributed by atoms with Crippen molar-refractivity contribution in [3.05, 3.63) is 58.3 Å². The van der Waals surface area contributed by atoms with Crippen molar-refractivity contribution >= 4 is 15.9 Å². The molecule has 1 saturated heterocycles. The SMILES string of the molecule is O=c1cc(C(F)F)ncn1CC1CCN(C2=NS(=O)(=O)c3ccccc32)CC1. The van der Waals surface area contributed by atoms with E-state index >= 15 is 0 Å². The standard InChI is InChI=1S/C18H18F2N4O3S/c19-17(20)14-9-16(25)24(11-21-14)10-12-5-7-23(8-6-12)18-13-3-1-2-4-15(13)28(26,27)22-18/h1-4,9,11-12,17H,5-8,10H2. The monoisotopic (exact) mass is 408 g/mol. The minimum absolute atomic E-state index is 0.169. The van der Waals surface area contributed by atoms with Gasteiger partial charge in [0, 0.05) is 31.3 Å². The summed E-state index contributed by atoms with van der Waals surface area (Å²) in [5, 5.41) is 0. The molecule has 1 fully saturated rings. The Morgan fingerprint density at radius 1 is 1.18 bits per heavy atom. The Kier molecular flexibility index (Phi) is 4.74. The first kappa shape index (κ1) is 18.7. The maximum absolute atomic E-state index is 12.6. The number of benzene rings is 1. The Morgan fingerprint density at radius 3 is 2.57 bits per heavy atom. The molecule has 2 aliphatic heterocycles. The lowest BCUT2D eigenvalue weighted by molar-refractivity contribution is 0.145. The summed E-state index contributed by atoms with van der Waals surface area (Å²) in [6, 6.07) is 7.63. The van der Waals surface area contributed by atoms with Gasteiger partial charge in [-0.2, -0.15) is 8.42 Å². The lowest BCUT2D eigenvalue weighted by Gasteiger charge is -2.33. The zero-order valence-corrected chi connectivity index (χ0v) is 15.6. The van der Waals surface area contributed by atoms with Crippen molar-refractivity contribution in [1.82, 2.24) is 14.5 Å². The fourth-order valence-electron chi connectivity index (χ4n) is 3.62. The maximum atomic E-state index is 12.6. The molecule has 1 aromatic heterocycles. The number of sulfonamides is 1. The van der Waals surface area contributed by atoms with Crippen LogP contribution in [0, 0.1) is 5.92 Å². The van der Waals surface area contributed by atoms with E-state index in [9.17, 15) is 22.0 Å². The summed E-state index contributed by atoms with van der Waals surface area (Å²) in [5.74, 6) is 0.635. The second kappa shape index (κ2) is 7.08. The highest BCUT2D eigenvalue weighted by atomic mass is 32.2. The molecule has 10 heteroatoms. The molecule has 0 radical (unpaired) electrons. The van der Waals surface area contributed by atoms with Crippen molar-refractivity contribution in [2.45, 2.75) is 30.7 Å². The van der Waals surface area contributed by atoms with Crippen LogP contribution in [0.15, 0.2) is 50.7 Å². The number of likely N-dealkylation sites (tertiary alicyclic amines) is 1. The lowest BCUT2D eigenvalue weighted by atomic mass is 9.96. The molecule has 2 aromatic rings. The lowest BCUT2D eigenvalue weighted by Crippen LogP contribution is -2.40. The van der Waals surface area contributed by atoms with Gasteiger partial charge in [-0.15, -0.1) is 4.40 Å². The molecule has 0 atom stereocenters. The first-order valence-electron chi connectivity index (χ1n) is 8.89. The second-order valence-corrected chi connectivity index (χ2v) is 8.49. The summed E-state index contributed by atoms with van der Waals surface area (Å²) in [6.07, 6.45) is -0.147. The van der Waals surface area contributed by atoms with E-state index in [4.69, 9.17) is 0 Å². The zero-order chi connectivity index (χ0) is 19.9. The van der Waals surface area contributed by atoms with E-state index in [0.717, 1.165) is 18.9 Å². The first-order valence-corrected chi connectivity index (χ1v) is 10.3. The normalized spacial score (nSPS) is 19.0. The number of halogens is 2. The Bertz CT molecular complexity index is 1090. The van der Waals surface area contributed by atoms with Gasteiger partial charge in [0.1, 0.15) is 10.6 Å². The van der Waals surface area contributed by atoms with Gasteiger partial charge in [0.25, 0.3) is 22.0 Å². The van der Waals surface area contributed by atoms with Crippen LogP contribution in [0.5, 0.6) is 0 Å². The molecule has 0 N–H and O–H groups in total. The molecule has 0 bridgehead atoms. The van der Waals surface area contributed by atoms with Crippen LogP contribution in [0.1, 0.15) is 30.5 Å². The van der Waals surface area contributed by atoms with E-state index in [-0.39, 0.29) is 10.8 Å². The predicted molar refractivity (Wildman–Crippen MR) is 97.9 cm³/mol. The number of alkyl halides is 2. The second-order valence-electron chi connectivity index (χ2n) is 6.92. The van der Waals surface area contributed by atoms with Gasteiger partial charge in [-0.25, -0.2) is 13.8 Å². The van der Waals surface area contributed by atoms with Crippen molar-refractivity contribution < 1.29 is 17.2 Å². The number of piperidine rings is 1. The number of aromatic nitrogens is 2. The van der Waals surface area contributed by atoms with Crippen molar-refractivity contribution in [1.29, 1.82) is 0 Å². The Labute approximate surface area is 160 Å². The zero-order valence-electron chi connectivity index (χ0n) is 14.8. The van der Waals surface area contributed by atoms with Crippen molar-refractivity contribution in [2.24, 2.45) is 10.3 Å². The van der Waals surface area contributed by atoms with Crippen LogP contribution in [0.25, 0.3) is 0 Å². The highest BCUT2D eigenvalue weighted by molar-refractivity contribution is 7.90. The van der Waals surface area contributed by atoms with Gasteiger partial charge in [-0.1, -0.05) is 12.1 Å². The van der Waals surface area contributed by atoms with Crippen molar-refractivity contribution in [3.63, 3.8) is 0 Å². The van der Waals surface area contributed by atoms with Gasteiger partial charge in [-0.05, 0) is 30.9 Å². The number of nitrogens with zero attached hydrogens (tertiary/aromatic N) is 4. The molecular weight excluding hydrogens is 390 g/mol. The molecule has 2 aliphatic rings. The smallest absolute Gasteiger partial charge is 0.285 e. The molecule has 0 unspecified atom stereocenters. The third kappa shape index (κ3) is 3.44. The number of rotatable bonds is 3. The summed E-state index contributed by atoms with van der Waals surface area (Å²) in [6.45, 7) is 1.60. The number of hydrogen-bond donors (Lipinski definition) is 0. The number of fused-ring (bicyclic) bond motifs is 1. The van der Waals surface area contributed by atoms with Gasteiger partial charge >= 0.3 is 0 Å². The molecule has 0 spiro atoms. The molecule has 0 saturated carbocycles. The highest BCUT2D eigenvalue weighted by Gasteiger charge is 2.33. The number of amidine groups is 1. The van der Waals surface area contributed by atoms with Crippen LogP contribution in [0.4, 0.5) is 8.78 Å². The summed E-state index contributed by atoms with van der Waals surface area (Å²) in [5.41, 5.74) is -0.396. The fraction of sp³-hybridized carbons (Fsp3) is 0.389. The molecule has 0 amide bonds. The molecule has 1 aromatic carbocycles. The molecule has 7 nitrogen and oxygen atoms in total. The van der Waals surface area contributed by atoms with Crippen molar-refractivity contribution in [3.8, 4) is 0 Å². The molecule has 28 heavy (non-hydrogen) atoms. The Balaban J connectivity index is 1.44. The van der Waals surface area contributed by atoms with Crippen molar-refractivity contribution in [2.75, 3.05) is 13.1 Å². The van der Waals surface area contributed by atoms with E-state index in [0.29, 0.717) is 31.0 Å². The van der Waals surface area contributed by atoms with Crippen LogP contribution in [-0.4, -0.2) is 41.8 Å². The van der Waals surface area contributed by atoms with E-state index in [1.807, 2.05) is 4.90 Å². The van der Waals surface area contributed by atoms with E-state index < -0.39 is 27.7 Å². The molecule has 148 valence electrons. The maximum Gasteiger partial charge on any atom is 0.285 e. The fourth-order valence-corrected chi connectivity index (χ4v) is 4.85. The van der Waals surface area contributed by atoms with Crippen LogP contribution < -0.4 is 5.56 Å². The van der Waals surface area contributed by atoms with E-state index in [2.05, 4.69) is 9.38 Å². The van der Waals surface area contributed by atoms with E-state index in [1.165, 1.54) is 10.9 Å². The van der Waals surface area contributed by atoms with Gasteiger partial charge in [0.05, 0.1) is 6.33 Å². The largest absolute Gasteiger partial charge is 0.355 e. The molecule has 3 heterocycles. The third-order valence-corrected chi connectivity index (χ3v) is 6.43. The van der Waals surface area contributed by atoms with Gasteiger partial charge in [-0.3, -0.25) is 9.36 Å². The Hall–Kier alpha value is -2.62. The summed E-state index contributed by atoms with van der Waals surface area (Å²) in [7, 11) is -3.65. The molecule has 4 rings (SSSR count). The minimum Gasteiger partial charge on any atom is -0.355 e. The summed E-state index contributed by atoms with van der Waals surface area (Å²) >= 11 is 0. The summed E-state index contributed by atoms with van der Waals surface area (Å²) < 4.78 is 54.9. The van der Waals surface area contributed by atoms with E-state index in [1.54, 1.807) is 24.3 Å². The molecule has 0 aliphatic carbocycles. The quantitative estimate of drug-likeness (QED) is 0.776.